The number of hydrogen-bond acceptors (Lipinski definition) is 0. The van der Waals surface area contributed by atoms with Crippen molar-refractivity contribution in [2.45, 2.75) is 107 Å². The van der Waals surface area contributed by atoms with Crippen LogP contribution in [0.2, 0.25) is 26.2 Å². The second-order valence-corrected chi connectivity index (χ2v) is 67.7. The van der Waals surface area contributed by atoms with Gasteiger partial charge in [0, 0.05) is 0 Å². The van der Waals surface area contributed by atoms with Crippen molar-refractivity contribution in [3.63, 3.8) is 0 Å². The summed E-state index contributed by atoms with van der Waals surface area (Å²) in [7, 11) is 0. The minimum absolute atomic E-state index is 0. The zero-order chi connectivity index (χ0) is 28.4. The van der Waals surface area contributed by atoms with E-state index in [1.165, 1.54) is 25.7 Å². The molecular formula is C34H54Cl2Hf2Si2. The van der Waals surface area contributed by atoms with E-state index in [-0.39, 0.29) is 24.8 Å². The molecule has 0 nitrogen and oxygen atoms in total. The summed E-state index contributed by atoms with van der Waals surface area (Å²) in [6.45, 7) is 29.4. The predicted molar refractivity (Wildman–Crippen MR) is 171 cm³/mol. The van der Waals surface area contributed by atoms with E-state index in [9.17, 15) is 0 Å². The van der Waals surface area contributed by atoms with E-state index in [4.69, 9.17) is 0 Å². The van der Waals surface area contributed by atoms with Gasteiger partial charge in [0.15, 0.2) is 0 Å². The van der Waals surface area contributed by atoms with Gasteiger partial charge < -0.3 is 24.8 Å². The number of halogens is 2. The first-order valence-corrected chi connectivity index (χ1v) is 40.3. The van der Waals surface area contributed by atoms with Crippen LogP contribution < -0.4 is 24.8 Å². The van der Waals surface area contributed by atoms with Crippen LogP contribution in [0.25, 0.3) is 0 Å². The van der Waals surface area contributed by atoms with Gasteiger partial charge in [-0.25, -0.2) is 0 Å². The molecule has 0 spiro atoms. The van der Waals surface area contributed by atoms with Gasteiger partial charge in [-0.05, 0) is 0 Å². The summed E-state index contributed by atoms with van der Waals surface area (Å²) in [6, 6.07) is 0. The molecule has 0 atom stereocenters. The zero-order valence-electron chi connectivity index (χ0n) is 27.4. The summed E-state index contributed by atoms with van der Waals surface area (Å²) in [6.07, 6.45) is 24.4. The molecule has 0 aromatic rings. The van der Waals surface area contributed by atoms with Crippen LogP contribution in [0.4, 0.5) is 0 Å². The molecule has 220 valence electrons. The molecule has 0 fully saturated rings. The van der Waals surface area contributed by atoms with Crippen LogP contribution in [-0.4, -0.2) is 12.0 Å². The van der Waals surface area contributed by atoms with E-state index in [1.807, 2.05) is 13.3 Å². The van der Waals surface area contributed by atoms with Crippen molar-refractivity contribution >= 4 is 12.0 Å². The molecular weight excluding hydrogens is 892 g/mol. The van der Waals surface area contributed by atoms with Crippen LogP contribution in [0.1, 0.15) is 81.1 Å². The summed E-state index contributed by atoms with van der Waals surface area (Å²) in [5, 5.41) is 0. The third kappa shape index (κ3) is 9.34. The quantitative estimate of drug-likeness (QED) is 0.352. The first-order valence-electron chi connectivity index (χ1n) is 14.9. The van der Waals surface area contributed by atoms with Crippen LogP contribution >= 0.6 is 0 Å². The molecule has 4 aliphatic rings. The monoisotopic (exact) mass is 948 g/mol. The summed E-state index contributed by atoms with van der Waals surface area (Å²) in [5.41, 5.74) is 7.31. The van der Waals surface area contributed by atoms with E-state index in [0.29, 0.717) is 10.8 Å². The van der Waals surface area contributed by atoms with Crippen molar-refractivity contribution in [2.75, 3.05) is 0 Å². The second kappa shape index (κ2) is 16.1. The summed E-state index contributed by atoms with van der Waals surface area (Å²) < 4.78 is 7.73. The molecule has 0 amide bonds. The molecule has 40 heavy (non-hydrogen) atoms. The van der Waals surface area contributed by atoms with E-state index in [1.54, 1.807) is 22.3 Å². The van der Waals surface area contributed by atoms with Crippen molar-refractivity contribution in [3.05, 3.63) is 84.2 Å². The van der Waals surface area contributed by atoms with E-state index in [2.05, 4.69) is 130 Å². The van der Waals surface area contributed by atoms with Gasteiger partial charge in [0.1, 0.15) is 0 Å². The summed E-state index contributed by atoms with van der Waals surface area (Å²) >= 11 is -3.43. The third-order valence-corrected chi connectivity index (χ3v) is 63.9. The fraction of sp³-hybridized carbons (Fsp3) is 0.529. The Hall–Kier alpha value is 0.674. The number of rotatable bonds is 6. The summed E-state index contributed by atoms with van der Waals surface area (Å²) in [4.78, 5) is 0. The Morgan fingerprint density at radius 1 is 0.500 bits per heavy atom. The van der Waals surface area contributed by atoms with Crippen LogP contribution in [0, 0.1) is 10.8 Å². The largest absolute Gasteiger partial charge is 1.00 e. The van der Waals surface area contributed by atoms with Crippen LogP contribution in [0.15, 0.2) is 84.2 Å². The Morgan fingerprint density at radius 2 is 0.775 bits per heavy atom. The van der Waals surface area contributed by atoms with E-state index in [0.717, 1.165) is 0 Å². The Balaban J connectivity index is 0.000000381. The molecule has 0 saturated heterocycles. The molecule has 0 aromatic heterocycles. The summed E-state index contributed by atoms with van der Waals surface area (Å²) in [5.74, 6) is -1.05. The Labute approximate surface area is 277 Å². The smallest absolute Gasteiger partial charge is 1.00 e. The number of hydrogen-bond donors (Lipinski definition) is 0. The molecule has 0 aliphatic heterocycles. The topological polar surface area (TPSA) is 0 Å². The van der Waals surface area contributed by atoms with Gasteiger partial charge in [-0.1, -0.05) is 0 Å². The van der Waals surface area contributed by atoms with E-state index >= 15 is 0 Å². The van der Waals surface area contributed by atoms with Crippen LogP contribution in [-0.2, 0) is 41.2 Å². The van der Waals surface area contributed by atoms with Gasteiger partial charge in [0.05, 0.1) is 0 Å². The first kappa shape index (κ1) is 38.7. The molecule has 0 radical (unpaired) electrons. The minimum Gasteiger partial charge on any atom is -1.00 e. The van der Waals surface area contributed by atoms with Gasteiger partial charge in [-0.2, -0.15) is 0 Å². The second-order valence-electron chi connectivity index (χ2n) is 14.2. The van der Waals surface area contributed by atoms with Crippen molar-refractivity contribution in [2.24, 2.45) is 10.8 Å². The maximum Gasteiger partial charge on any atom is -1.00 e. The zero-order valence-corrected chi connectivity index (χ0v) is 38.4. The SMILES string of the molecule is CC1=[C]([Hf+]([C]2=C(C(C)(C)C)C=CC2)[SiH](C)C)CC=C1.CC1=[C]([Hf+]([C]2=C(C(C)(C)C)C=CC2)[SiH](C)C)CC=C1.[Cl-].[Cl-]. The Bertz CT molecular complexity index is 1070. The molecule has 0 N–H and O–H groups in total. The predicted octanol–water partition coefficient (Wildman–Crippen LogP) is 4.17. The molecule has 0 unspecified atom stereocenters. The van der Waals surface area contributed by atoms with Gasteiger partial charge in [-0.15, -0.1) is 0 Å². The average molecular weight is 947 g/mol. The number of allylic oxidation sites excluding steroid dienone is 16. The molecule has 0 bridgehead atoms. The normalized spacial score (nSPS) is 18.4. The first-order chi connectivity index (χ1) is 17.6. The maximum absolute atomic E-state index is 2.60. The Kier molecular flexibility index (Phi) is 15.6. The van der Waals surface area contributed by atoms with E-state index < -0.39 is 53.2 Å². The maximum atomic E-state index is 2.60. The van der Waals surface area contributed by atoms with Gasteiger partial charge in [0.2, 0.25) is 0 Å². The Morgan fingerprint density at radius 3 is 1.00 bits per heavy atom. The third-order valence-electron chi connectivity index (χ3n) is 8.27. The molecule has 0 saturated carbocycles. The molecule has 0 aromatic carbocycles. The van der Waals surface area contributed by atoms with Crippen LogP contribution in [0.3, 0.4) is 0 Å². The van der Waals surface area contributed by atoms with Crippen molar-refractivity contribution in [3.8, 4) is 0 Å². The fourth-order valence-electron chi connectivity index (χ4n) is 6.56. The fourth-order valence-corrected chi connectivity index (χ4v) is 66.0. The minimum atomic E-state index is -1.72. The van der Waals surface area contributed by atoms with Crippen molar-refractivity contribution in [1.29, 1.82) is 0 Å². The molecule has 4 rings (SSSR count). The van der Waals surface area contributed by atoms with Crippen LogP contribution in [0.5, 0.6) is 0 Å². The van der Waals surface area contributed by atoms with Crippen molar-refractivity contribution < 1.29 is 66.0 Å². The molecule has 0 heterocycles. The standard InChI is InChI=1S/2C9H13.2C6H7.2C2H7Si.2ClH.2Hf/c2*1-9(2,3)8-6-4-5-7-8;2*1-6-4-2-3-5-6;2*1-3-2;;;;/h2*4,6H,5H2,1-3H3;2*2,4H,3H2,1H3;2*3H,1-2H3;2*1H;;/q;;;;;;;;2*+1/p-2. The van der Waals surface area contributed by atoms with Crippen molar-refractivity contribution in [1.82, 2.24) is 0 Å². The molecule has 4 aliphatic carbocycles. The van der Waals surface area contributed by atoms with Gasteiger partial charge in [-0.3, -0.25) is 0 Å². The molecule has 6 heteroatoms. The van der Waals surface area contributed by atoms with Gasteiger partial charge >= 0.3 is 255 Å². The van der Waals surface area contributed by atoms with Gasteiger partial charge in [0.25, 0.3) is 0 Å². The average Bonchev–Trinajstić information content (AvgIpc) is 3.57.